The molecule has 23 heavy (non-hydrogen) atoms. The Morgan fingerprint density at radius 2 is 1.09 bits per heavy atom. The SMILES string of the molecule is CCCCCCCCCCC=CCCCCCCCC12OC1O2. The highest BCUT2D eigenvalue weighted by Crippen LogP contribution is 2.59. The lowest BCUT2D eigenvalue weighted by molar-refractivity contribution is -0.0542. The normalized spacial score (nSPS) is 25.0. The molecule has 0 saturated carbocycles. The minimum absolute atomic E-state index is 0.0573. The van der Waals surface area contributed by atoms with Crippen molar-refractivity contribution >= 4 is 0 Å². The fraction of sp³-hybridized carbons (Fsp3) is 0.905. The van der Waals surface area contributed by atoms with Crippen LogP contribution in [0.25, 0.3) is 0 Å². The van der Waals surface area contributed by atoms with Crippen LogP contribution in [0.4, 0.5) is 0 Å². The summed E-state index contributed by atoms with van der Waals surface area (Å²) in [5.41, 5.74) is 0. The third kappa shape index (κ3) is 8.35. The first-order valence-corrected chi connectivity index (χ1v) is 10.4. The van der Waals surface area contributed by atoms with Crippen molar-refractivity contribution in [3.05, 3.63) is 12.2 Å². The number of hydrogen-bond donors (Lipinski definition) is 0. The molecule has 2 nitrogen and oxygen atoms in total. The molecule has 2 aliphatic rings. The van der Waals surface area contributed by atoms with Crippen LogP contribution in [0, 0.1) is 0 Å². The first-order chi connectivity index (χ1) is 11.4. The topological polar surface area (TPSA) is 25.1 Å². The predicted octanol–water partition coefficient (Wildman–Crippen LogP) is 6.89. The second-order valence-electron chi connectivity index (χ2n) is 7.42. The Hall–Kier alpha value is -0.340. The number of unbranched alkanes of at least 4 members (excludes halogenated alkanes) is 13. The van der Waals surface area contributed by atoms with Gasteiger partial charge in [-0.05, 0) is 32.1 Å². The van der Waals surface area contributed by atoms with Crippen LogP contribution in [0.5, 0.6) is 0 Å². The lowest BCUT2D eigenvalue weighted by atomic mass is 10.1. The van der Waals surface area contributed by atoms with Gasteiger partial charge in [0, 0.05) is 6.42 Å². The molecule has 2 fully saturated rings. The standard InChI is InChI=1S/C21H38O2/c1-2-3-4-5-6-7-8-9-10-11-12-13-14-15-16-17-18-19-21-20(22-21)23-21/h11-12,20H,2-10,13-19H2,1H3. The highest BCUT2D eigenvalue weighted by molar-refractivity contribution is 5.02. The van der Waals surface area contributed by atoms with Crippen LogP contribution in [0.15, 0.2) is 12.2 Å². The Morgan fingerprint density at radius 1 is 0.652 bits per heavy atom. The van der Waals surface area contributed by atoms with Crippen molar-refractivity contribution in [3.63, 3.8) is 0 Å². The van der Waals surface area contributed by atoms with Crippen LogP contribution in [0.2, 0.25) is 0 Å². The quantitative estimate of drug-likeness (QED) is 0.165. The van der Waals surface area contributed by atoms with Gasteiger partial charge in [0.2, 0.25) is 12.1 Å². The van der Waals surface area contributed by atoms with Gasteiger partial charge in [0.05, 0.1) is 0 Å². The second-order valence-corrected chi connectivity index (χ2v) is 7.42. The zero-order valence-corrected chi connectivity index (χ0v) is 15.4. The molecule has 0 radical (unpaired) electrons. The maximum absolute atomic E-state index is 5.29. The Kier molecular flexibility index (Phi) is 9.29. The molecule has 0 bridgehead atoms. The van der Waals surface area contributed by atoms with E-state index in [1.54, 1.807) is 0 Å². The van der Waals surface area contributed by atoms with Gasteiger partial charge < -0.3 is 9.47 Å². The third-order valence-electron chi connectivity index (χ3n) is 5.14. The summed E-state index contributed by atoms with van der Waals surface area (Å²) in [6, 6.07) is 0. The van der Waals surface area contributed by atoms with Crippen molar-refractivity contribution in [2.75, 3.05) is 0 Å². The van der Waals surface area contributed by atoms with E-state index in [2.05, 4.69) is 19.1 Å². The van der Waals surface area contributed by atoms with Gasteiger partial charge >= 0.3 is 0 Å². The monoisotopic (exact) mass is 322 g/mol. The molecule has 0 aromatic carbocycles. The Labute approximate surface area is 144 Å². The Morgan fingerprint density at radius 3 is 1.57 bits per heavy atom. The molecule has 0 N–H and O–H groups in total. The van der Waals surface area contributed by atoms with Gasteiger partial charge in [-0.2, -0.15) is 0 Å². The highest BCUT2D eigenvalue weighted by atomic mass is 17.0. The summed E-state index contributed by atoms with van der Waals surface area (Å²) in [6.45, 7) is 2.29. The van der Waals surface area contributed by atoms with E-state index >= 15 is 0 Å². The lowest BCUT2D eigenvalue weighted by Crippen LogP contribution is -1.97. The van der Waals surface area contributed by atoms with Crippen molar-refractivity contribution < 1.29 is 9.47 Å². The van der Waals surface area contributed by atoms with Crippen LogP contribution < -0.4 is 0 Å². The molecule has 0 aliphatic carbocycles. The van der Waals surface area contributed by atoms with Crippen molar-refractivity contribution in [1.82, 2.24) is 0 Å². The molecular weight excluding hydrogens is 284 g/mol. The van der Waals surface area contributed by atoms with E-state index in [1.807, 2.05) is 0 Å². The Bertz CT molecular complexity index is 318. The van der Waals surface area contributed by atoms with Gasteiger partial charge in [-0.15, -0.1) is 0 Å². The van der Waals surface area contributed by atoms with Gasteiger partial charge in [-0.1, -0.05) is 83.3 Å². The number of fused-ring (bicyclic) bond motifs is 1. The van der Waals surface area contributed by atoms with Crippen LogP contribution >= 0.6 is 0 Å². The second kappa shape index (κ2) is 11.3. The van der Waals surface area contributed by atoms with Crippen molar-refractivity contribution in [1.29, 1.82) is 0 Å². The summed E-state index contributed by atoms with van der Waals surface area (Å²) in [5, 5.41) is 0. The molecule has 0 unspecified atom stereocenters. The minimum Gasteiger partial charge on any atom is -0.310 e. The molecule has 2 heteroatoms. The maximum Gasteiger partial charge on any atom is 0.225 e. The molecule has 0 aromatic heterocycles. The van der Waals surface area contributed by atoms with Gasteiger partial charge in [-0.3, -0.25) is 0 Å². The van der Waals surface area contributed by atoms with Crippen LogP contribution in [-0.2, 0) is 9.47 Å². The largest absolute Gasteiger partial charge is 0.310 e. The summed E-state index contributed by atoms with van der Waals surface area (Å²) in [6.07, 6.45) is 26.8. The fourth-order valence-corrected chi connectivity index (χ4v) is 3.33. The zero-order valence-electron chi connectivity index (χ0n) is 15.4. The van der Waals surface area contributed by atoms with E-state index in [9.17, 15) is 0 Å². The van der Waals surface area contributed by atoms with Crippen LogP contribution in [-0.4, -0.2) is 12.1 Å². The summed E-state index contributed by atoms with van der Waals surface area (Å²) < 4.78 is 10.6. The average molecular weight is 323 g/mol. The van der Waals surface area contributed by atoms with Crippen molar-refractivity contribution in [3.8, 4) is 0 Å². The zero-order chi connectivity index (χ0) is 16.2. The smallest absolute Gasteiger partial charge is 0.225 e. The van der Waals surface area contributed by atoms with Crippen LogP contribution in [0.3, 0.4) is 0 Å². The number of hydrogen-bond acceptors (Lipinski definition) is 2. The highest BCUT2D eigenvalue weighted by Gasteiger charge is 2.76. The number of allylic oxidation sites excluding steroid dienone is 2. The molecule has 2 heterocycles. The van der Waals surface area contributed by atoms with E-state index in [-0.39, 0.29) is 12.1 Å². The first-order valence-electron chi connectivity index (χ1n) is 10.4. The summed E-state index contributed by atoms with van der Waals surface area (Å²) in [4.78, 5) is 0. The molecule has 0 aromatic rings. The van der Waals surface area contributed by atoms with E-state index in [0.29, 0.717) is 0 Å². The summed E-state index contributed by atoms with van der Waals surface area (Å²) in [5.74, 6) is -0.0573. The van der Waals surface area contributed by atoms with Crippen LogP contribution in [0.1, 0.15) is 110 Å². The number of epoxide rings is 2. The first kappa shape index (κ1) is 19.0. The lowest BCUT2D eigenvalue weighted by Gasteiger charge is -2.01. The average Bonchev–Trinajstić information content (AvgIpc) is 3.40. The molecule has 0 atom stereocenters. The number of rotatable bonds is 17. The molecule has 134 valence electrons. The Balaban J connectivity index is 1.21. The minimum atomic E-state index is -0.0573. The molecular formula is C21H38O2. The predicted molar refractivity (Wildman–Crippen MR) is 97.4 cm³/mol. The maximum atomic E-state index is 5.29. The van der Waals surface area contributed by atoms with Gasteiger partial charge in [0.1, 0.15) is 0 Å². The molecule has 0 amide bonds. The molecule has 2 saturated heterocycles. The number of ether oxygens (including phenoxy) is 2. The van der Waals surface area contributed by atoms with Crippen molar-refractivity contribution in [2.24, 2.45) is 0 Å². The third-order valence-corrected chi connectivity index (χ3v) is 5.14. The van der Waals surface area contributed by atoms with E-state index < -0.39 is 0 Å². The van der Waals surface area contributed by atoms with Crippen molar-refractivity contribution in [2.45, 2.75) is 122 Å². The fourth-order valence-electron chi connectivity index (χ4n) is 3.33. The molecule has 0 spiro atoms. The van der Waals surface area contributed by atoms with E-state index in [4.69, 9.17) is 9.47 Å². The van der Waals surface area contributed by atoms with Gasteiger partial charge in [0.15, 0.2) is 0 Å². The summed E-state index contributed by atoms with van der Waals surface area (Å²) in [7, 11) is 0. The van der Waals surface area contributed by atoms with Gasteiger partial charge in [0.25, 0.3) is 0 Å². The summed E-state index contributed by atoms with van der Waals surface area (Å²) >= 11 is 0. The van der Waals surface area contributed by atoms with Gasteiger partial charge in [-0.25, -0.2) is 0 Å². The van der Waals surface area contributed by atoms with E-state index in [1.165, 1.54) is 96.3 Å². The molecule has 2 aliphatic heterocycles. The molecule has 2 rings (SSSR count). The van der Waals surface area contributed by atoms with E-state index in [0.717, 1.165) is 6.42 Å².